The summed E-state index contributed by atoms with van der Waals surface area (Å²) in [6.45, 7) is 6.24. The number of carbonyl (C=O) groups is 2. The summed E-state index contributed by atoms with van der Waals surface area (Å²) < 4.78 is 5.18. The van der Waals surface area contributed by atoms with Crippen LogP contribution in [0.2, 0.25) is 0 Å². The van der Waals surface area contributed by atoms with Gasteiger partial charge in [0.1, 0.15) is 0 Å². The average Bonchev–Trinajstić information content (AvgIpc) is 2.16. The molecular formula is C11H18ClNO3. The third-order valence-electron chi connectivity index (χ3n) is 2.61. The first-order valence-corrected chi connectivity index (χ1v) is 5.82. The fourth-order valence-electron chi connectivity index (χ4n) is 1.77. The Morgan fingerprint density at radius 3 is 2.31 bits per heavy atom. The number of ether oxygens (including phenoxy) is 1. The van der Waals surface area contributed by atoms with Gasteiger partial charge in [0.05, 0.1) is 13.2 Å². The van der Waals surface area contributed by atoms with Crippen molar-refractivity contribution in [1.29, 1.82) is 0 Å². The van der Waals surface area contributed by atoms with Crippen molar-refractivity contribution in [3.8, 4) is 0 Å². The molecule has 0 bridgehead atoms. The first-order valence-electron chi connectivity index (χ1n) is 5.44. The number of hydrogen-bond donors (Lipinski definition) is 0. The van der Waals surface area contributed by atoms with Gasteiger partial charge in [0.15, 0.2) is 0 Å². The molecule has 0 aromatic heterocycles. The van der Waals surface area contributed by atoms with Crippen molar-refractivity contribution in [3.05, 3.63) is 0 Å². The van der Waals surface area contributed by atoms with E-state index in [1.807, 2.05) is 13.8 Å². The van der Waals surface area contributed by atoms with Crippen LogP contribution in [-0.4, -0.2) is 42.4 Å². The summed E-state index contributed by atoms with van der Waals surface area (Å²) in [4.78, 5) is 24.5. The lowest BCUT2D eigenvalue weighted by Crippen LogP contribution is -2.42. The minimum Gasteiger partial charge on any atom is -0.378 e. The number of nitrogens with zero attached hydrogens (tertiary/aromatic N) is 1. The minimum absolute atomic E-state index is 0.0752. The van der Waals surface area contributed by atoms with E-state index in [1.54, 1.807) is 4.90 Å². The molecule has 0 spiro atoms. The number of hydrogen-bond acceptors (Lipinski definition) is 3. The van der Waals surface area contributed by atoms with E-state index in [0.717, 1.165) is 0 Å². The molecule has 1 amide bonds. The molecule has 0 radical (unpaired) electrons. The van der Waals surface area contributed by atoms with Crippen molar-refractivity contribution >= 4 is 22.8 Å². The molecule has 0 aromatic carbocycles. The lowest BCUT2D eigenvalue weighted by molar-refractivity contribution is -0.137. The van der Waals surface area contributed by atoms with Gasteiger partial charge in [-0.2, -0.15) is 0 Å². The summed E-state index contributed by atoms with van der Waals surface area (Å²) in [5.74, 6) is 0.0752. The highest BCUT2D eigenvalue weighted by atomic mass is 35.5. The van der Waals surface area contributed by atoms with Gasteiger partial charge < -0.3 is 9.64 Å². The van der Waals surface area contributed by atoms with Crippen molar-refractivity contribution in [2.75, 3.05) is 26.3 Å². The Bertz CT molecular complexity index is 272. The Kier molecular flexibility index (Phi) is 4.74. The number of morpholine rings is 1. The molecule has 16 heavy (non-hydrogen) atoms. The number of rotatable bonds is 4. The second-order valence-corrected chi connectivity index (χ2v) is 5.29. The summed E-state index contributed by atoms with van der Waals surface area (Å²) in [5.41, 5.74) is -0.367. The number of halogens is 1. The van der Waals surface area contributed by atoms with Crippen LogP contribution in [0.5, 0.6) is 0 Å². The zero-order valence-corrected chi connectivity index (χ0v) is 10.5. The van der Waals surface area contributed by atoms with Crippen LogP contribution in [0.4, 0.5) is 0 Å². The van der Waals surface area contributed by atoms with Gasteiger partial charge >= 0.3 is 0 Å². The maximum absolute atomic E-state index is 11.9. The number of carbonyl (C=O) groups excluding carboxylic acids is 2. The highest BCUT2D eigenvalue weighted by molar-refractivity contribution is 6.63. The molecule has 0 saturated carbocycles. The molecule has 1 fully saturated rings. The summed E-state index contributed by atoms with van der Waals surface area (Å²) in [5, 5.41) is -0.389. The molecule has 0 atom stereocenters. The number of amides is 1. The van der Waals surface area contributed by atoms with Crippen molar-refractivity contribution in [2.24, 2.45) is 5.41 Å². The normalized spacial score (nSPS) is 17.3. The Morgan fingerprint density at radius 2 is 1.81 bits per heavy atom. The quantitative estimate of drug-likeness (QED) is 0.706. The first-order chi connectivity index (χ1) is 7.41. The Balaban J connectivity index is 2.45. The molecule has 5 heteroatoms. The van der Waals surface area contributed by atoms with Gasteiger partial charge in [0.2, 0.25) is 11.1 Å². The van der Waals surface area contributed by atoms with Crippen LogP contribution in [0.25, 0.3) is 0 Å². The first kappa shape index (κ1) is 13.5. The minimum atomic E-state index is -0.389. The maximum atomic E-state index is 11.9. The Hall–Kier alpha value is -0.610. The zero-order chi connectivity index (χ0) is 12.2. The van der Waals surface area contributed by atoms with Gasteiger partial charge in [-0.05, 0) is 17.0 Å². The molecule has 1 saturated heterocycles. The molecular weight excluding hydrogens is 230 g/mol. The molecule has 0 N–H and O–H groups in total. The van der Waals surface area contributed by atoms with E-state index in [1.165, 1.54) is 0 Å². The van der Waals surface area contributed by atoms with E-state index in [0.29, 0.717) is 32.7 Å². The van der Waals surface area contributed by atoms with E-state index in [4.69, 9.17) is 16.3 Å². The van der Waals surface area contributed by atoms with Crippen molar-refractivity contribution in [2.45, 2.75) is 26.7 Å². The fourth-order valence-corrected chi connectivity index (χ4v) is 2.13. The highest BCUT2D eigenvalue weighted by Crippen LogP contribution is 2.27. The van der Waals surface area contributed by atoms with Crippen LogP contribution in [0.1, 0.15) is 26.7 Å². The van der Waals surface area contributed by atoms with Gasteiger partial charge in [0, 0.05) is 25.9 Å². The molecule has 4 nitrogen and oxygen atoms in total. The van der Waals surface area contributed by atoms with Gasteiger partial charge in [-0.1, -0.05) is 13.8 Å². The van der Waals surface area contributed by atoms with Crippen LogP contribution >= 0.6 is 11.6 Å². The van der Waals surface area contributed by atoms with Crippen LogP contribution < -0.4 is 0 Å². The van der Waals surface area contributed by atoms with Crippen LogP contribution in [0.15, 0.2) is 0 Å². The van der Waals surface area contributed by atoms with Crippen molar-refractivity contribution < 1.29 is 14.3 Å². The van der Waals surface area contributed by atoms with E-state index >= 15 is 0 Å². The molecule has 1 aliphatic rings. The average molecular weight is 248 g/mol. The molecule has 0 aromatic rings. The SMILES string of the molecule is CC(C)(CC(=O)Cl)CC(=O)N1CCOCC1. The Labute approximate surface area is 101 Å². The molecule has 1 aliphatic heterocycles. The van der Waals surface area contributed by atoms with Crippen molar-refractivity contribution in [1.82, 2.24) is 4.90 Å². The van der Waals surface area contributed by atoms with E-state index in [2.05, 4.69) is 0 Å². The molecule has 0 unspecified atom stereocenters. The second-order valence-electron chi connectivity index (χ2n) is 4.87. The van der Waals surface area contributed by atoms with Crippen LogP contribution in [-0.2, 0) is 14.3 Å². The van der Waals surface area contributed by atoms with Gasteiger partial charge in [-0.15, -0.1) is 0 Å². The van der Waals surface area contributed by atoms with Gasteiger partial charge in [-0.25, -0.2) is 0 Å². The molecule has 1 heterocycles. The summed E-state index contributed by atoms with van der Waals surface area (Å²) in [6, 6.07) is 0. The van der Waals surface area contributed by atoms with E-state index in [9.17, 15) is 9.59 Å². The van der Waals surface area contributed by atoms with E-state index in [-0.39, 0.29) is 23.0 Å². The monoisotopic (exact) mass is 247 g/mol. The summed E-state index contributed by atoms with van der Waals surface area (Å²) in [6.07, 6.45) is 0.579. The lowest BCUT2D eigenvalue weighted by Gasteiger charge is -2.30. The van der Waals surface area contributed by atoms with Crippen LogP contribution in [0, 0.1) is 5.41 Å². The predicted molar refractivity (Wildman–Crippen MR) is 61.3 cm³/mol. The Morgan fingerprint density at radius 1 is 1.25 bits per heavy atom. The second kappa shape index (κ2) is 5.64. The fraction of sp³-hybridized carbons (Fsp3) is 0.818. The van der Waals surface area contributed by atoms with Crippen molar-refractivity contribution in [3.63, 3.8) is 0 Å². The molecule has 1 rings (SSSR count). The zero-order valence-electron chi connectivity index (χ0n) is 9.79. The largest absolute Gasteiger partial charge is 0.378 e. The lowest BCUT2D eigenvalue weighted by atomic mass is 9.85. The van der Waals surface area contributed by atoms with Gasteiger partial charge in [-0.3, -0.25) is 9.59 Å². The van der Waals surface area contributed by atoms with Crippen LogP contribution in [0.3, 0.4) is 0 Å². The standard InChI is InChI=1S/C11H18ClNO3/c1-11(2,7-9(12)14)8-10(15)13-3-5-16-6-4-13/h3-8H2,1-2H3. The molecule has 92 valence electrons. The summed E-state index contributed by atoms with van der Waals surface area (Å²) >= 11 is 5.35. The third kappa shape index (κ3) is 4.49. The molecule has 0 aliphatic carbocycles. The highest BCUT2D eigenvalue weighted by Gasteiger charge is 2.27. The third-order valence-corrected chi connectivity index (χ3v) is 2.74. The maximum Gasteiger partial charge on any atom is 0.223 e. The summed E-state index contributed by atoms with van der Waals surface area (Å²) in [7, 11) is 0. The smallest absolute Gasteiger partial charge is 0.223 e. The van der Waals surface area contributed by atoms with Gasteiger partial charge in [0.25, 0.3) is 0 Å². The topological polar surface area (TPSA) is 46.6 Å². The van der Waals surface area contributed by atoms with E-state index < -0.39 is 0 Å². The predicted octanol–water partition coefficient (Wildman–Crippen LogP) is 1.42.